The number of hydrogen-bond acceptors (Lipinski definition) is 5. The van der Waals surface area contributed by atoms with Gasteiger partial charge in [0.25, 0.3) is 5.08 Å². The van der Waals surface area contributed by atoms with Crippen LogP contribution >= 0.6 is 15.2 Å². The Balaban J connectivity index is 3.17. The highest BCUT2D eigenvalue weighted by atomic mass is 31.2. The van der Waals surface area contributed by atoms with Crippen LogP contribution in [0.1, 0.15) is 6.42 Å². The number of β-amino-alcohol motifs (C(OH)–C–C–N with tert-alkyl or cyclic N) is 1. The lowest BCUT2D eigenvalue weighted by Crippen LogP contribution is -2.47. The summed E-state index contributed by atoms with van der Waals surface area (Å²) in [5.74, 6) is 0. The number of aliphatic hydroxyl groups is 2. The first-order chi connectivity index (χ1) is 7.00. The highest BCUT2D eigenvalue weighted by Crippen LogP contribution is 2.69. The van der Waals surface area contributed by atoms with Gasteiger partial charge in [-0.15, -0.1) is 0 Å². The van der Waals surface area contributed by atoms with Crippen LogP contribution in [-0.2, 0) is 9.13 Å². The predicted molar refractivity (Wildman–Crippen MR) is 51.5 cm³/mol. The maximum Gasteiger partial charge on any atom is 0.371 e. The van der Waals surface area contributed by atoms with E-state index in [0.717, 1.165) is 0 Å². The molecule has 1 rings (SSSR count). The average molecular weight is 277 g/mol. The van der Waals surface area contributed by atoms with E-state index in [2.05, 4.69) is 5.32 Å². The molecule has 0 saturated carbocycles. The van der Waals surface area contributed by atoms with E-state index >= 15 is 0 Å². The van der Waals surface area contributed by atoms with Crippen LogP contribution in [0, 0.1) is 0 Å². The highest BCUT2D eigenvalue weighted by Gasteiger charge is 2.65. The molecule has 0 radical (unpaired) electrons. The Bertz CT molecular complexity index is 337. The van der Waals surface area contributed by atoms with Crippen LogP contribution in [0.25, 0.3) is 0 Å². The van der Waals surface area contributed by atoms with Gasteiger partial charge in [-0.3, -0.25) is 9.13 Å². The van der Waals surface area contributed by atoms with Crippen molar-refractivity contribution in [3.8, 4) is 0 Å². The van der Waals surface area contributed by atoms with Gasteiger partial charge >= 0.3 is 15.2 Å². The summed E-state index contributed by atoms with van der Waals surface area (Å²) in [5.41, 5.74) is 0. The van der Waals surface area contributed by atoms with Gasteiger partial charge in [0.05, 0.1) is 12.1 Å². The third-order valence-electron chi connectivity index (χ3n) is 2.43. The molecule has 9 nitrogen and oxygen atoms in total. The predicted octanol–water partition coefficient (Wildman–Crippen LogP) is -2.29. The Kier molecular flexibility index (Phi) is 3.68. The molecule has 0 aromatic heterocycles. The molecule has 0 spiro atoms. The zero-order valence-corrected chi connectivity index (χ0v) is 9.75. The molecule has 0 aromatic carbocycles. The molecule has 0 aromatic rings. The molecule has 1 aliphatic heterocycles. The van der Waals surface area contributed by atoms with Gasteiger partial charge in [0.15, 0.2) is 0 Å². The Morgan fingerprint density at radius 3 is 1.81 bits per heavy atom. The summed E-state index contributed by atoms with van der Waals surface area (Å²) in [5, 5.41) is 17.5. The van der Waals surface area contributed by atoms with Crippen molar-refractivity contribution in [1.82, 2.24) is 5.32 Å². The van der Waals surface area contributed by atoms with E-state index < -0.39 is 32.4 Å². The minimum atomic E-state index is -5.47. The van der Waals surface area contributed by atoms with E-state index in [9.17, 15) is 14.2 Å². The lowest BCUT2D eigenvalue weighted by molar-refractivity contribution is 0.0951. The van der Waals surface area contributed by atoms with Crippen LogP contribution in [0.15, 0.2) is 0 Å². The van der Waals surface area contributed by atoms with Crippen molar-refractivity contribution < 1.29 is 38.9 Å². The van der Waals surface area contributed by atoms with Gasteiger partial charge in [-0.1, -0.05) is 0 Å². The number of hydrogen-bond donors (Lipinski definition) is 7. The zero-order valence-electron chi connectivity index (χ0n) is 7.96. The highest BCUT2D eigenvalue weighted by molar-refractivity contribution is 7.72. The second-order valence-corrected chi connectivity index (χ2v) is 7.52. The van der Waals surface area contributed by atoms with Gasteiger partial charge in [-0.25, -0.2) is 0 Å². The molecule has 1 heterocycles. The average Bonchev–Trinajstić information content (AvgIpc) is 2.46. The molecule has 11 heteroatoms. The van der Waals surface area contributed by atoms with Gasteiger partial charge in [0, 0.05) is 6.54 Å². The molecule has 1 aliphatic rings. The molecule has 2 atom stereocenters. The van der Waals surface area contributed by atoms with Crippen LogP contribution in [-0.4, -0.2) is 53.6 Å². The van der Waals surface area contributed by atoms with Gasteiger partial charge in [0.1, 0.15) is 0 Å². The summed E-state index contributed by atoms with van der Waals surface area (Å²) in [6, 6.07) is -1.57. The fraction of sp³-hybridized carbons (Fsp3) is 1.00. The largest absolute Gasteiger partial charge is 0.392 e. The normalized spacial score (nSPS) is 28.4. The summed E-state index contributed by atoms with van der Waals surface area (Å²) < 4.78 is 22.0. The molecule has 7 N–H and O–H groups in total. The molecular formula is C5H13NO8P2. The van der Waals surface area contributed by atoms with E-state index in [-0.39, 0.29) is 13.0 Å². The standard InChI is InChI=1S/C5H13NO8P2/c7-3-1-4(6-2-3)5(8,15(9,10)11)16(12,13)14/h3-4,6-8H,1-2H2,(H2,9,10,11)(H2,12,13,14)/t3-,4+/m1/s1. The third-order valence-corrected chi connectivity index (χ3v) is 6.33. The van der Waals surface area contributed by atoms with Gasteiger partial charge < -0.3 is 35.1 Å². The summed E-state index contributed by atoms with van der Waals surface area (Å²) in [6.45, 7) is -0.104. The summed E-state index contributed by atoms with van der Waals surface area (Å²) in [4.78, 5) is 35.5. The fourth-order valence-electron chi connectivity index (χ4n) is 1.59. The Morgan fingerprint density at radius 2 is 1.56 bits per heavy atom. The van der Waals surface area contributed by atoms with Crippen molar-refractivity contribution in [2.24, 2.45) is 0 Å². The van der Waals surface area contributed by atoms with Crippen LogP contribution in [0.4, 0.5) is 0 Å². The molecule has 1 saturated heterocycles. The zero-order chi connectivity index (χ0) is 12.8. The van der Waals surface area contributed by atoms with Crippen molar-refractivity contribution in [2.45, 2.75) is 23.6 Å². The van der Waals surface area contributed by atoms with Crippen LogP contribution in [0.5, 0.6) is 0 Å². The van der Waals surface area contributed by atoms with Crippen LogP contribution in [0.2, 0.25) is 0 Å². The van der Waals surface area contributed by atoms with E-state index in [1.165, 1.54) is 0 Å². The Morgan fingerprint density at radius 1 is 1.12 bits per heavy atom. The fourth-order valence-corrected chi connectivity index (χ4v) is 4.15. The smallest absolute Gasteiger partial charge is 0.371 e. The first-order valence-corrected chi connectivity index (χ1v) is 7.47. The lowest BCUT2D eigenvalue weighted by atomic mass is 10.2. The van der Waals surface area contributed by atoms with E-state index in [4.69, 9.17) is 24.7 Å². The Labute approximate surface area is 90.4 Å². The Hall–Kier alpha value is 0.180. The molecule has 0 aliphatic carbocycles. The van der Waals surface area contributed by atoms with Crippen molar-refractivity contribution in [3.63, 3.8) is 0 Å². The first-order valence-electron chi connectivity index (χ1n) is 4.25. The monoisotopic (exact) mass is 277 g/mol. The van der Waals surface area contributed by atoms with Crippen LogP contribution in [0.3, 0.4) is 0 Å². The molecule has 1 fully saturated rings. The first kappa shape index (κ1) is 14.2. The second kappa shape index (κ2) is 4.13. The maximum absolute atomic E-state index is 11.0. The number of nitrogens with one attached hydrogen (secondary N) is 1. The summed E-state index contributed by atoms with van der Waals surface area (Å²) in [7, 11) is -10.9. The molecule has 0 amide bonds. The quantitative estimate of drug-likeness (QED) is 0.281. The van der Waals surface area contributed by atoms with Gasteiger partial charge in [0.2, 0.25) is 0 Å². The minimum Gasteiger partial charge on any atom is -0.392 e. The molecule has 0 bridgehead atoms. The van der Waals surface area contributed by atoms with Crippen molar-refractivity contribution in [2.75, 3.05) is 6.54 Å². The lowest BCUT2D eigenvalue weighted by Gasteiger charge is -2.34. The minimum absolute atomic E-state index is 0.104. The van der Waals surface area contributed by atoms with Gasteiger partial charge in [-0.2, -0.15) is 0 Å². The van der Waals surface area contributed by atoms with Crippen molar-refractivity contribution in [1.29, 1.82) is 0 Å². The summed E-state index contributed by atoms with van der Waals surface area (Å²) >= 11 is 0. The summed E-state index contributed by atoms with van der Waals surface area (Å²) in [6.07, 6.45) is -1.37. The molecule has 16 heavy (non-hydrogen) atoms. The van der Waals surface area contributed by atoms with Crippen LogP contribution < -0.4 is 5.32 Å². The van der Waals surface area contributed by atoms with Crippen molar-refractivity contribution in [3.05, 3.63) is 0 Å². The van der Waals surface area contributed by atoms with Gasteiger partial charge in [-0.05, 0) is 6.42 Å². The second-order valence-electron chi connectivity index (χ2n) is 3.63. The topological polar surface area (TPSA) is 168 Å². The number of rotatable bonds is 3. The molecule has 0 unspecified atom stereocenters. The van der Waals surface area contributed by atoms with E-state index in [1.807, 2.05) is 0 Å². The SMILES string of the molecule is O=P(O)(O)C(O)([C@@H]1C[C@@H](O)CN1)P(=O)(O)O. The van der Waals surface area contributed by atoms with E-state index in [1.54, 1.807) is 0 Å². The molecule has 96 valence electrons. The number of aliphatic hydroxyl groups excluding tert-OH is 1. The van der Waals surface area contributed by atoms with E-state index in [0.29, 0.717) is 0 Å². The third kappa shape index (κ3) is 2.24. The van der Waals surface area contributed by atoms with Crippen molar-refractivity contribution >= 4 is 15.2 Å². The molecular weight excluding hydrogens is 264 g/mol. The maximum atomic E-state index is 11.0.